The molecule has 0 aromatic heterocycles. The molecule has 0 saturated carbocycles. The normalized spacial score (nSPS) is 11.6. The maximum Gasteiger partial charge on any atom is 0.262 e. The van der Waals surface area contributed by atoms with Gasteiger partial charge in [0, 0.05) is 5.56 Å². The summed E-state index contributed by atoms with van der Waals surface area (Å²) in [6.07, 6.45) is 6.73. The lowest BCUT2D eigenvalue weighted by atomic mass is 10.0. The summed E-state index contributed by atoms with van der Waals surface area (Å²) in [5.41, 5.74) is 3.67. The number of nitrogens with zero attached hydrogens (tertiary/aromatic N) is 1. The van der Waals surface area contributed by atoms with Crippen LogP contribution < -0.4 is 20.2 Å². The minimum atomic E-state index is -0.737. The Labute approximate surface area is 195 Å². The Morgan fingerprint density at radius 3 is 2.58 bits per heavy atom. The Morgan fingerprint density at radius 2 is 1.97 bits per heavy atom. The van der Waals surface area contributed by atoms with Gasteiger partial charge in [-0.1, -0.05) is 38.0 Å². The summed E-state index contributed by atoms with van der Waals surface area (Å²) >= 11 is 2.11. The number of halogens is 1. The van der Waals surface area contributed by atoms with Gasteiger partial charge in [0.1, 0.15) is 12.6 Å². The molecule has 31 heavy (non-hydrogen) atoms. The molecule has 2 aromatic rings. The Morgan fingerprint density at radius 1 is 1.26 bits per heavy atom. The summed E-state index contributed by atoms with van der Waals surface area (Å²) in [5, 5.41) is 6.78. The molecule has 0 radical (unpaired) electrons. The molecule has 0 saturated heterocycles. The number of benzene rings is 2. The van der Waals surface area contributed by atoms with Crippen molar-refractivity contribution in [2.75, 3.05) is 13.7 Å². The van der Waals surface area contributed by atoms with Crippen LogP contribution in [-0.2, 0) is 4.79 Å². The van der Waals surface area contributed by atoms with Crippen LogP contribution in [0.3, 0.4) is 0 Å². The zero-order valence-electron chi connectivity index (χ0n) is 17.5. The van der Waals surface area contributed by atoms with Crippen molar-refractivity contribution >= 4 is 40.6 Å². The number of methoxy groups -OCH3 is 1. The van der Waals surface area contributed by atoms with E-state index in [-0.39, 0.29) is 18.4 Å². The zero-order valence-corrected chi connectivity index (χ0v) is 19.7. The fraction of sp³-hybridized carbons (Fsp3) is 0.261. The van der Waals surface area contributed by atoms with Gasteiger partial charge in [-0.3, -0.25) is 9.59 Å². The third kappa shape index (κ3) is 7.00. The Bertz CT molecular complexity index is 984. The van der Waals surface area contributed by atoms with Gasteiger partial charge in [0.05, 0.1) is 16.9 Å². The van der Waals surface area contributed by atoms with Gasteiger partial charge < -0.3 is 14.8 Å². The molecule has 2 aromatic carbocycles. The monoisotopic (exact) mass is 533 g/mol. The van der Waals surface area contributed by atoms with Crippen LogP contribution in [0.15, 0.2) is 47.6 Å². The Kier molecular flexibility index (Phi) is 9.34. The smallest absolute Gasteiger partial charge is 0.262 e. The molecule has 0 aliphatic heterocycles. The van der Waals surface area contributed by atoms with E-state index in [1.54, 1.807) is 30.3 Å². The van der Waals surface area contributed by atoms with Crippen LogP contribution in [0.4, 0.5) is 0 Å². The van der Waals surface area contributed by atoms with Crippen LogP contribution in [0, 0.1) is 21.8 Å². The van der Waals surface area contributed by atoms with Crippen molar-refractivity contribution in [2.24, 2.45) is 11.0 Å². The quantitative estimate of drug-likeness (QED) is 0.224. The van der Waals surface area contributed by atoms with Crippen molar-refractivity contribution in [2.45, 2.75) is 19.9 Å². The number of ether oxygens (including phenoxy) is 2. The second-order valence-electron chi connectivity index (χ2n) is 6.82. The van der Waals surface area contributed by atoms with Crippen molar-refractivity contribution in [3.05, 3.63) is 57.2 Å². The van der Waals surface area contributed by atoms with Gasteiger partial charge in [-0.25, -0.2) is 5.43 Å². The van der Waals surface area contributed by atoms with Gasteiger partial charge >= 0.3 is 0 Å². The number of hydrogen-bond donors (Lipinski definition) is 2. The molecule has 2 amide bonds. The molecule has 162 valence electrons. The van der Waals surface area contributed by atoms with Gasteiger partial charge in [-0.2, -0.15) is 5.10 Å². The van der Waals surface area contributed by atoms with Crippen molar-refractivity contribution in [3.63, 3.8) is 0 Å². The standard InChI is InChI=1S/C23H24IN3O4/c1-5-11-31-21-18(24)12-16(13-19(21)30-4)14-25-27-23(29)20(15(2)3)26-22(28)17-9-7-6-8-10-17/h1,6-10,12-15,20H,11H2,2-4H3,(H,26,28)(H,27,29)/b25-14+. The molecular weight excluding hydrogens is 509 g/mol. The Hall–Kier alpha value is -3.06. The first-order chi connectivity index (χ1) is 14.9. The van der Waals surface area contributed by atoms with Crippen LogP contribution in [0.2, 0.25) is 0 Å². The lowest BCUT2D eigenvalue weighted by molar-refractivity contribution is -0.123. The molecule has 0 spiro atoms. The van der Waals surface area contributed by atoms with E-state index in [1.165, 1.54) is 13.3 Å². The van der Waals surface area contributed by atoms with Crippen LogP contribution in [-0.4, -0.2) is 37.8 Å². The number of hydrazone groups is 1. The lowest BCUT2D eigenvalue weighted by Gasteiger charge is -2.20. The third-order valence-electron chi connectivity index (χ3n) is 4.21. The molecule has 2 rings (SSSR count). The number of amides is 2. The molecule has 8 heteroatoms. The van der Waals surface area contributed by atoms with Crippen molar-refractivity contribution in [3.8, 4) is 23.8 Å². The number of carbonyl (C=O) groups excluding carboxylic acids is 2. The van der Waals surface area contributed by atoms with E-state index in [4.69, 9.17) is 15.9 Å². The number of rotatable bonds is 9. The average molecular weight is 533 g/mol. The minimum Gasteiger partial charge on any atom is -0.493 e. The SMILES string of the molecule is C#CCOc1c(I)cc(/C=N/NC(=O)C(NC(=O)c2ccccc2)C(C)C)cc1OC. The molecule has 7 nitrogen and oxygen atoms in total. The molecular formula is C23H24IN3O4. The molecule has 0 heterocycles. The fourth-order valence-corrected chi connectivity index (χ4v) is 3.44. The van der Waals surface area contributed by atoms with Crippen LogP contribution in [0.1, 0.15) is 29.8 Å². The highest BCUT2D eigenvalue weighted by atomic mass is 127. The Balaban J connectivity index is 2.07. The highest BCUT2D eigenvalue weighted by molar-refractivity contribution is 14.1. The number of terminal acetylenes is 1. The second kappa shape index (κ2) is 12.0. The second-order valence-corrected chi connectivity index (χ2v) is 7.98. The molecule has 0 bridgehead atoms. The van der Waals surface area contributed by atoms with Gasteiger partial charge in [0.25, 0.3) is 11.8 Å². The van der Waals surface area contributed by atoms with Crippen LogP contribution in [0.5, 0.6) is 11.5 Å². The van der Waals surface area contributed by atoms with E-state index in [0.29, 0.717) is 22.6 Å². The highest BCUT2D eigenvalue weighted by Crippen LogP contribution is 2.33. The number of nitrogens with one attached hydrogen (secondary N) is 2. The predicted molar refractivity (Wildman–Crippen MR) is 128 cm³/mol. The number of carbonyl (C=O) groups is 2. The minimum absolute atomic E-state index is 0.126. The first kappa shape index (κ1) is 24.2. The summed E-state index contributed by atoms with van der Waals surface area (Å²) in [4.78, 5) is 25.0. The molecule has 0 fully saturated rings. The fourth-order valence-electron chi connectivity index (χ4n) is 2.66. The van der Waals surface area contributed by atoms with Gasteiger partial charge in [-0.05, 0) is 58.3 Å². The van der Waals surface area contributed by atoms with Gasteiger partial charge in [0.2, 0.25) is 0 Å². The summed E-state index contributed by atoms with van der Waals surface area (Å²) in [6.45, 7) is 3.82. The average Bonchev–Trinajstić information content (AvgIpc) is 2.76. The van der Waals surface area contributed by atoms with E-state index in [9.17, 15) is 9.59 Å². The van der Waals surface area contributed by atoms with Crippen molar-refractivity contribution < 1.29 is 19.1 Å². The molecule has 2 N–H and O–H groups in total. The summed E-state index contributed by atoms with van der Waals surface area (Å²) in [7, 11) is 1.53. The van der Waals surface area contributed by atoms with Gasteiger partial charge in [-0.15, -0.1) is 6.42 Å². The highest BCUT2D eigenvalue weighted by Gasteiger charge is 2.24. The van der Waals surface area contributed by atoms with E-state index >= 15 is 0 Å². The maximum atomic E-state index is 12.6. The lowest BCUT2D eigenvalue weighted by Crippen LogP contribution is -2.48. The van der Waals surface area contributed by atoms with E-state index in [1.807, 2.05) is 26.0 Å². The van der Waals surface area contributed by atoms with E-state index in [0.717, 1.165) is 3.57 Å². The summed E-state index contributed by atoms with van der Waals surface area (Å²) in [5.74, 6) is 2.61. The summed E-state index contributed by atoms with van der Waals surface area (Å²) in [6, 6.07) is 11.5. The first-order valence-electron chi connectivity index (χ1n) is 9.50. The van der Waals surface area contributed by atoms with Gasteiger partial charge in [0.15, 0.2) is 11.5 Å². The van der Waals surface area contributed by atoms with E-state index < -0.39 is 11.9 Å². The largest absolute Gasteiger partial charge is 0.493 e. The molecule has 0 aliphatic rings. The summed E-state index contributed by atoms with van der Waals surface area (Å²) < 4.78 is 11.7. The van der Waals surface area contributed by atoms with E-state index in [2.05, 4.69) is 44.4 Å². The maximum absolute atomic E-state index is 12.6. The topological polar surface area (TPSA) is 89.0 Å². The molecule has 0 aliphatic carbocycles. The first-order valence-corrected chi connectivity index (χ1v) is 10.6. The van der Waals surface area contributed by atoms with Crippen LogP contribution in [0.25, 0.3) is 0 Å². The van der Waals surface area contributed by atoms with Crippen LogP contribution >= 0.6 is 22.6 Å². The zero-order chi connectivity index (χ0) is 22.8. The van der Waals surface area contributed by atoms with Crippen molar-refractivity contribution in [1.82, 2.24) is 10.7 Å². The third-order valence-corrected chi connectivity index (χ3v) is 5.01. The molecule has 1 atom stereocenters. The number of hydrogen-bond acceptors (Lipinski definition) is 5. The predicted octanol–water partition coefficient (Wildman–Crippen LogP) is 3.22. The van der Waals surface area contributed by atoms with Crippen molar-refractivity contribution in [1.29, 1.82) is 0 Å². The molecule has 1 unspecified atom stereocenters.